The molecule has 21 heavy (non-hydrogen) atoms. The van der Waals surface area contributed by atoms with Gasteiger partial charge in [0.2, 0.25) is 0 Å². The molecule has 2 heterocycles. The smallest absolute Gasteiger partial charge is 0.273 e. The van der Waals surface area contributed by atoms with E-state index in [2.05, 4.69) is 20.7 Å². The Morgan fingerprint density at radius 2 is 2.48 bits per heavy atom. The second-order valence-corrected chi connectivity index (χ2v) is 5.13. The van der Waals surface area contributed by atoms with E-state index < -0.39 is 0 Å². The Morgan fingerprint density at radius 1 is 1.57 bits per heavy atom. The molecule has 1 saturated carbocycles. The second kappa shape index (κ2) is 5.99. The summed E-state index contributed by atoms with van der Waals surface area (Å²) >= 11 is 0. The summed E-state index contributed by atoms with van der Waals surface area (Å²) < 4.78 is 10.9. The van der Waals surface area contributed by atoms with Crippen molar-refractivity contribution >= 4 is 5.91 Å². The van der Waals surface area contributed by atoms with Crippen LogP contribution in [0.1, 0.15) is 42.4 Å². The van der Waals surface area contributed by atoms with E-state index in [1.807, 2.05) is 6.92 Å². The molecular weight excluding hydrogens is 272 g/mol. The second-order valence-electron chi connectivity index (χ2n) is 5.13. The lowest BCUT2D eigenvalue weighted by Gasteiger charge is -2.20. The van der Waals surface area contributed by atoms with Crippen LogP contribution in [0.15, 0.2) is 23.0 Å². The first kappa shape index (κ1) is 13.7. The molecule has 1 amide bonds. The molecule has 3 rings (SSSR count). The fourth-order valence-electron chi connectivity index (χ4n) is 2.54. The molecule has 7 nitrogen and oxygen atoms in total. The molecule has 1 aliphatic carbocycles. The van der Waals surface area contributed by atoms with Crippen molar-refractivity contribution in [3.8, 4) is 5.75 Å². The number of rotatable bonds is 5. The normalized spacial score (nSPS) is 21.4. The Labute approximate surface area is 122 Å². The summed E-state index contributed by atoms with van der Waals surface area (Å²) in [5.74, 6) is 1.18. The maximum atomic E-state index is 12.2. The van der Waals surface area contributed by atoms with Crippen molar-refractivity contribution in [3.63, 3.8) is 0 Å². The number of nitrogens with zero attached hydrogens (tertiary/aromatic N) is 2. The number of aromatic amines is 1. The van der Waals surface area contributed by atoms with Crippen LogP contribution in [0.25, 0.3) is 0 Å². The van der Waals surface area contributed by atoms with Crippen molar-refractivity contribution in [1.82, 2.24) is 20.7 Å². The third kappa shape index (κ3) is 3.07. The number of nitrogens with one attached hydrogen (secondary N) is 2. The number of hydrogen-bond donors (Lipinski definition) is 2. The SMILES string of the molecule is CCc1cc(C(=O)N[C@@H]2CCC[C@@H]2Oc2cn[nH]c2)no1. The van der Waals surface area contributed by atoms with E-state index in [0.29, 0.717) is 17.2 Å². The minimum absolute atomic E-state index is 0.0193. The van der Waals surface area contributed by atoms with Gasteiger partial charge in [-0.25, -0.2) is 0 Å². The maximum absolute atomic E-state index is 12.2. The van der Waals surface area contributed by atoms with Gasteiger partial charge in [-0.3, -0.25) is 9.89 Å². The monoisotopic (exact) mass is 290 g/mol. The Balaban J connectivity index is 1.61. The van der Waals surface area contributed by atoms with Gasteiger partial charge in [0.15, 0.2) is 11.4 Å². The van der Waals surface area contributed by atoms with Gasteiger partial charge in [0.25, 0.3) is 5.91 Å². The van der Waals surface area contributed by atoms with Gasteiger partial charge in [-0.05, 0) is 19.3 Å². The van der Waals surface area contributed by atoms with E-state index in [4.69, 9.17) is 9.26 Å². The molecule has 2 atom stereocenters. The highest BCUT2D eigenvalue weighted by molar-refractivity contribution is 5.92. The fourth-order valence-corrected chi connectivity index (χ4v) is 2.54. The predicted octanol–water partition coefficient (Wildman–Crippen LogP) is 1.69. The van der Waals surface area contributed by atoms with Crippen molar-refractivity contribution in [1.29, 1.82) is 0 Å². The molecular formula is C14H18N4O3. The minimum Gasteiger partial charge on any atom is -0.485 e. The van der Waals surface area contributed by atoms with Crippen molar-refractivity contribution in [3.05, 3.63) is 29.9 Å². The predicted molar refractivity (Wildman–Crippen MR) is 74.0 cm³/mol. The van der Waals surface area contributed by atoms with Crippen LogP contribution in [0.2, 0.25) is 0 Å². The molecule has 0 unspecified atom stereocenters. The lowest BCUT2D eigenvalue weighted by molar-refractivity contribution is 0.0885. The number of amides is 1. The molecule has 2 aromatic heterocycles. The van der Waals surface area contributed by atoms with Crippen LogP contribution in [-0.2, 0) is 6.42 Å². The first-order valence-electron chi connectivity index (χ1n) is 7.18. The minimum atomic E-state index is -0.217. The zero-order chi connectivity index (χ0) is 14.7. The Kier molecular flexibility index (Phi) is 3.89. The molecule has 0 spiro atoms. The van der Waals surface area contributed by atoms with Crippen LogP contribution in [0.4, 0.5) is 0 Å². The van der Waals surface area contributed by atoms with Crippen molar-refractivity contribution in [2.75, 3.05) is 0 Å². The molecule has 7 heteroatoms. The molecule has 2 aromatic rings. The number of carbonyl (C=O) groups is 1. The van der Waals surface area contributed by atoms with Crippen LogP contribution in [-0.4, -0.2) is 33.4 Å². The van der Waals surface area contributed by atoms with Gasteiger partial charge in [-0.2, -0.15) is 5.10 Å². The van der Waals surface area contributed by atoms with Crippen LogP contribution >= 0.6 is 0 Å². The molecule has 0 saturated heterocycles. The van der Waals surface area contributed by atoms with Crippen molar-refractivity contribution < 1.29 is 14.1 Å². The molecule has 0 aliphatic heterocycles. The summed E-state index contributed by atoms with van der Waals surface area (Å²) in [4.78, 5) is 12.2. The van der Waals surface area contributed by atoms with Crippen LogP contribution in [0.5, 0.6) is 5.75 Å². The van der Waals surface area contributed by atoms with E-state index in [9.17, 15) is 4.79 Å². The van der Waals surface area contributed by atoms with Gasteiger partial charge in [-0.1, -0.05) is 12.1 Å². The van der Waals surface area contributed by atoms with E-state index in [1.54, 1.807) is 18.5 Å². The third-order valence-electron chi connectivity index (χ3n) is 3.67. The number of aromatic nitrogens is 3. The maximum Gasteiger partial charge on any atom is 0.273 e. The molecule has 0 bridgehead atoms. The number of aryl methyl sites for hydroxylation is 1. The zero-order valence-corrected chi connectivity index (χ0v) is 11.8. The summed E-state index contributed by atoms with van der Waals surface area (Å²) in [6.45, 7) is 1.95. The molecule has 2 N–H and O–H groups in total. The first-order valence-corrected chi connectivity index (χ1v) is 7.18. The summed E-state index contributed by atoms with van der Waals surface area (Å²) in [5.41, 5.74) is 0.320. The molecule has 112 valence electrons. The van der Waals surface area contributed by atoms with Gasteiger partial charge in [0.1, 0.15) is 11.9 Å². The Bertz CT molecular complexity index is 593. The Hall–Kier alpha value is -2.31. The van der Waals surface area contributed by atoms with Gasteiger partial charge in [-0.15, -0.1) is 0 Å². The summed E-state index contributed by atoms with van der Waals surface area (Å²) in [7, 11) is 0. The molecule has 1 fully saturated rings. The van der Waals surface area contributed by atoms with Crippen LogP contribution in [0, 0.1) is 0 Å². The van der Waals surface area contributed by atoms with E-state index in [-0.39, 0.29) is 18.1 Å². The summed E-state index contributed by atoms with van der Waals surface area (Å²) in [6.07, 6.45) is 6.83. The highest BCUT2D eigenvalue weighted by Crippen LogP contribution is 2.24. The molecule has 0 aromatic carbocycles. The van der Waals surface area contributed by atoms with E-state index in [0.717, 1.165) is 25.7 Å². The zero-order valence-electron chi connectivity index (χ0n) is 11.8. The van der Waals surface area contributed by atoms with Gasteiger partial charge in [0, 0.05) is 12.5 Å². The quantitative estimate of drug-likeness (QED) is 0.874. The number of H-pyrrole nitrogens is 1. The summed E-state index contributed by atoms with van der Waals surface area (Å²) in [5, 5.41) is 13.3. The first-order chi connectivity index (χ1) is 10.3. The lowest BCUT2D eigenvalue weighted by Crippen LogP contribution is -2.42. The van der Waals surface area contributed by atoms with E-state index >= 15 is 0 Å². The van der Waals surface area contributed by atoms with E-state index in [1.165, 1.54) is 0 Å². The summed E-state index contributed by atoms with van der Waals surface area (Å²) in [6, 6.07) is 1.66. The average Bonchev–Trinajstić information content (AvgIpc) is 3.21. The lowest BCUT2D eigenvalue weighted by atomic mass is 10.2. The largest absolute Gasteiger partial charge is 0.485 e. The topological polar surface area (TPSA) is 93.0 Å². The van der Waals surface area contributed by atoms with Crippen LogP contribution < -0.4 is 10.1 Å². The van der Waals surface area contributed by atoms with Gasteiger partial charge >= 0.3 is 0 Å². The fraction of sp³-hybridized carbons (Fsp3) is 0.500. The molecule has 1 aliphatic rings. The number of ether oxygens (including phenoxy) is 1. The van der Waals surface area contributed by atoms with Gasteiger partial charge < -0.3 is 14.6 Å². The van der Waals surface area contributed by atoms with Crippen molar-refractivity contribution in [2.24, 2.45) is 0 Å². The number of carbonyl (C=O) groups excluding carboxylic acids is 1. The highest BCUT2D eigenvalue weighted by atomic mass is 16.5. The third-order valence-corrected chi connectivity index (χ3v) is 3.67. The van der Waals surface area contributed by atoms with Gasteiger partial charge in [0.05, 0.1) is 18.4 Å². The Morgan fingerprint density at radius 3 is 3.19 bits per heavy atom. The standard InChI is InChI=1S/C14H18N4O3/c1-2-9-6-12(18-21-9)14(19)17-11-4-3-5-13(11)20-10-7-15-16-8-10/h6-8,11,13H,2-5H2,1H3,(H,15,16)(H,17,19)/t11-,13+/m1/s1. The van der Waals surface area contributed by atoms with Crippen LogP contribution in [0.3, 0.4) is 0 Å². The average molecular weight is 290 g/mol. The highest BCUT2D eigenvalue weighted by Gasteiger charge is 2.31. The van der Waals surface area contributed by atoms with Crippen molar-refractivity contribution in [2.45, 2.75) is 44.8 Å². The number of hydrogen-bond acceptors (Lipinski definition) is 5. The molecule has 0 radical (unpaired) electrons.